The number of anilines is 1. The highest BCUT2D eigenvalue weighted by Gasteiger charge is 2.06. The Morgan fingerprint density at radius 2 is 1.59 bits per heavy atom. The minimum absolute atomic E-state index is 0. The van der Waals surface area contributed by atoms with Gasteiger partial charge in [-0.15, -0.1) is 12.4 Å². The third kappa shape index (κ3) is 4.57. The molecule has 17 heavy (non-hydrogen) atoms. The largest absolute Gasteiger partial charge is 0.372 e. The molecule has 0 aliphatic heterocycles. The number of nitrogens with zero attached hydrogens (tertiary/aromatic N) is 1. The Labute approximate surface area is 112 Å². The second kappa shape index (κ2) is 8.37. The predicted molar refractivity (Wildman–Crippen MR) is 79.1 cm³/mol. The van der Waals surface area contributed by atoms with Crippen molar-refractivity contribution in [2.24, 2.45) is 5.73 Å². The molecule has 0 amide bonds. The van der Waals surface area contributed by atoms with Crippen molar-refractivity contribution in [3.63, 3.8) is 0 Å². The first kappa shape index (κ1) is 16.3. The average Bonchev–Trinajstić information content (AvgIpc) is 2.32. The number of benzene rings is 1. The molecule has 0 heterocycles. The molecule has 0 saturated heterocycles. The third-order valence-electron chi connectivity index (χ3n) is 3.05. The molecule has 1 atom stereocenters. The van der Waals surface area contributed by atoms with Crippen LogP contribution in [-0.4, -0.2) is 13.1 Å². The molecular weight excluding hydrogens is 232 g/mol. The van der Waals surface area contributed by atoms with Gasteiger partial charge in [-0.05, 0) is 38.0 Å². The number of hydrogen-bond acceptors (Lipinski definition) is 2. The van der Waals surface area contributed by atoms with Gasteiger partial charge in [0, 0.05) is 24.8 Å². The molecule has 0 saturated carbocycles. The highest BCUT2D eigenvalue weighted by atomic mass is 35.5. The minimum Gasteiger partial charge on any atom is -0.372 e. The van der Waals surface area contributed by atoms with Crippen molar-refractivity contribution in [2.75, 3.05) is 18.0 Å². The standard InChI is InChI=1S/C14H24N2.ClH/c1-4-7-14(15)12-8-10-13(11-9-12)16(5-2)6-3;/h8-11,14H,4-7,15H2,1-3H3;1H/t14-;/m0./s1. The van der Waals surface area contributed by atoms with E-state index in [0.717, 1.165) is 25.9 Å². The van der Waals surface area contributed by atoms with Crippen molar-refractivity contribution >= 4 is 18.1 Å². The van der Waals surface area contributed by atoms with Crippen LogP contribution in [0.4, 0.5) is 5.69 Å². The third-order valence-corrected chi connectivity index (χ3v) is 3.05. The number of hydrogen-bond donors (Lipinski definition) is 1. The zero-order valence-electron chi connectivity index (χ0n) is 11.1. The highest BCUT2D eigenvalue weighted by Crippen LogP contribution is 2.20. The van der Waals surface area contributed by atoms with Crippen LogP contribution in [0, 0.1) is 0 Å². The number of rotatable bonds is 6. The van der Waals surface area contributed by atoms with Crippen LogP contribution in [0.3, 0.4) is 0 Å². The second-order valence-corrected chi connectivity index (χ2v) is 4.16. The summed E-state index contributed by atoms with van der Waals surface area (Å²) in [4.78, 5) is 2.34. The molecule has 0 aliphatic carbocycles. The van der Waals surface area contributed by atoms with E-state index in [1.807, 2.05) is 0 Å². The van der Waals surface area contributed by atoms with E-state index in [2.05, 4.69) is 49.9 Å². The van der Waals surface area contributed by atoms with Gasteiger partial charge in [0.2, 0.25) is 0 Å². The fourth-order valence-corrected chi connectivity index (χ4v) is 2.00. The Morgan fingerprint density at radius 3 is 2.00 bits per heavy atom. The summed E-state index contributed by atoms with van der Waals surface area (Å²) in [5.74, 6) is 0. The smallest absolute Gasteiger partial charge is 0.0366 e. The fraction of sp³-hybridized carbons (Fsp3) is 0.571. The summed E-state index contributed by atoms with van der Waals surface area (Å²) in [5.41, 5.74) is 8.62. The van der Waals surface area contributed by atoms with Crippen LogP contribution < -0.4 is 10.6 Å². The van der Waals surface area contributed by atoms with Crippen LogP contribution >= 0.6 is 12.4 Å². The first-order valence-corrected chi connectivity index (χ1v) is 6.33. The molecule has 2 nitrogen and oxygen atoms in total. The zero-order chi connectivity index (χ0) is 12.0. The molecular formula is C14H25ClN2. The molecule has 0 unspecified atom stereocenters. The Hall–Kier alpha value is -0.730. The van der Waals surface area contributed by atoms with Gasteiger partial charge in [-0.1, -0.05) is 25.5 Å². The lowest BCUT2D eigenvalue weighted by molar-refractivity contribution is 0.638. The van der Waals surface area contributed by atoms with Crippen molar-refractivity contribution in [2.45, 2.75) is 39.7 Å². The second-order valence-electron chi connectivity index (χ2n) is 4.16. The Morgan fingerprint density at radius 1 is 1.06 bits per heavy atom. The normalized spacial score (nSPS) is 11.8. The first-order valence-electron chi connectivity index (χ1n) is 6.33. The lowest BCUT2D eigenvalue weighted by Gasteiger charge is -2.21. The average molecular weight is 257 g/mol. The van der Waals surface area contributed by atoms with Crippen molar-refractivity contribution in [3.05, 3.63) is 29.8 Å². The van der Waals surface area contributed by atoms with Gasteiger partial charge in [-0.25, -0.2) is 0 Å². The highest BCUT2D eigenvalue weighted by molar-refractivity contribution is 5.85. The Balaban J connectivity index is 0.00000256. The summed E-state index contributed by atoms with van der Waals surface area (Å²) < 4.78 is 0. The lowest BCUT2D eigenvalue weighted by Crippen LogP contribution is -2.21. The van der Waals surface area contributed by atoms with Gasteiger partial charge in [-0.2, -0.15) is 0 Å². The predicted octanol–water partition coefficient (Wildman–Crippen LogP) is 3.75. The molecule has 0 radical (unpaired) electrons. The Kier molecular flexibility index (Phi) is 8.01. The Bertz CT molecular complexity index is 294. The van der Waals surface area contributed by atoms with Crippen LogP contribution in [0.15, 0.2) is 24.3 Å². The quantitative estimate of drug-likeness (QED) is 0.840. The van der Waals surface area contributed by atoms with Crippen LogP contribution in [-0.2, 0) is 0 Å². The maximum Gasteiger partial charge on any atom is 0.0366 e. The van der Waals surface area contributed by atoms with Gasteiger partial charge in [-0.3, -0.25) is 0 Å². The van der Waals surface area contributed by atoms with E-state index in [1.165, 1.54) is 11.3 Å². The fourth-order valence-electron chi connectivity index (χ4n) is 2.00. The monoisotopic (exact) mass is 256 g/mol. The topological polar surface area (TPSA) is 29.3 Å². The maximum absolute atomic E-state index is 6.08. The van der Waals surface area contributed by atoms with E-state index in [9.17, 15) is 0 Å². The van der Waals surface area contributed by atoms with E-state index in [-0.39, 0.29) is 18.4 Å². The van der Waals surface area contributed by atoms with E-state index >= 15 is 0 Å². The number of nitrogens with two attached hydrogens (primary N) is 1. The summed E-state index contributed by atoms with van der Waals surface area (Å²) in [6, 6.07) is 8.87. The molecule has 0 bridgehead atoms. The van der Waals surface area contributed by atoms with Crippen LogP contribution in [0.25, 0.3) is 0 Å². The van der Waals surface area contributed by atoms with Gasteiger partial charge in [0.05, 0.1) is 0 Å². The van der Waals surface area contributed by atoms with Gasteiger partial charge < -0.3 is 10.6 Å². The van der Waals surface area contributed by atoms with Crippen LogP contribution in [0.2, 0.25) is 0 Å². The van der Waals surface area contributed by atoms with E-state index < -0.39 is 0 Å². The van der Waals surface area contributed by atoms with Crippen molar-refractivity contribution < 1.29 is 0 Å². The van der Waals surface area contributed by atoms with Crippen molar-refractivity contribution in [1.82, 2.24) is 0 Å². The SMILES string of the molecule is CCC[C@H](N)c1ccc(N(CC)CC)cc1.Cl. The van der Waals surface area contributed by atoms with Gasteiger partial charge in [0.1, 0.15) is 0 Å². The van der Waals surface area contributed by atoms with E-state index in [0.29, 0.717) is 0 Å². The molecule has 1 rings (SSSR count). The number of halogens is 1. The van der Waals surface area contributed by atoms with Crippen molar-refractivity contribution in [1.29, 1.82) is 0 Å². The van der Waals surface area contributed by atoms with Gasteiger partial charge in [0.15, 0.2) is 0 Å². The summed E-state index contributed by atoms with van der Waals surface area (Å²) in [6.07, 6.45) is 2.20. The maximum atomic E-state index is 6.08. The van der Waals surface area contributed by atoms with Gasteiger partial charge in [0.25, 0.3) is 0 Å². The molecule has 1 aromatic carbocycles. The molecule has 0 aromatic heterocycles. The van der Waals surface area contributed by atoms with Crippen LogP contribution in [0.1, 0.15) is 45.2 Å². The molecule has 0 spiro atoms. The van der Waals surface area contributed by atoms with E-state index in [4.69, 9.17) is 5.73 Å². The summed E-state index contributed by atoms with van der Waals surface area (Å²) in [6.45, 7) is 8.64. The zero-order valence-corrected chi connectivity index (χ0v) is 12.0. The summed E-state index contributed by atoms with van der Waals surface area (Å²) in [7, 11) is 0. The first-order chi connectivity index (χ1) is 7.72. The van der Waals surface area contributed by atoms with Gasteiger partial charge >= 0.3 is 0 Å². The molecule has 0 fully saturated rings. The van der Waals surface area contributed by atoms with Crippen LogP contribution in [0.5, 0.6) is 0 Å². The summed E-state index contributed by atoms with van der Waals surface area (Å²) in [5, 5.41) is 0. The molecule has 2 N–H and O–H groups in total. The van der Waals surface area contributed by atoms with Crippen molar-refractivity contribution in [3.8, 4) is 0 Å². The molecule has 0 aliphatic rings. The minimum atomic E-state index is 0. The summed E-state index contributed by atoms with van der Waals surface area (Å²) >= 11 is 0. The molecule has 3 heteroatoms. The lowest BCUT2D eigenvalue weighted by atomic mass is 10.0. The molecule has 1 aromatic rings. The van der Waals surface area contributed by atoms with E-state index in [1.54, 1.807) is 0 Å². The molecule has 98 valence electrons.